The Hall–Kier alpha value is -2.87. The summed E-state index contributed by atoms with van der Waals surface area (Å²) in [6.07, 6.45) is -0.397. The van der Waals surface area contributed by atoms with Gasteiger partial charge in [-0.15, -0.1) is 0 Å². The van der Waals surface area contributed by atoms with E-state index in [9.17, 15) is 14.4 Å². The van der Waals surface area contributed by atoms with Gasteiger partial charge in [0, 0.05) is 28.8 Å². The molecule has 2 N–H and O–H groups in total. The fourth-order valence-corrected chi connectivity index (χ4v) is 3.55. The number of hydrogen-bond acceptors (Lipinski definition) is 4. The fraction of sp³-hybridized carbons (Fsp3) is 0.250. The molecule has 3 amide bonds. The van der Waals surface area contributed by atoms with E-state index < -0.39 is 12.0 Å². The van der Waals surface area contributed by atoms with Crippen LogP contribution in [0.5, 0.6) is 5.75 Å². The first-order chi connectivity index (χ1) is 13.4. The second-order valence-electron chi connectivity index (χ2n) is 6.83. The molecule has 0 saturated carbocycles. The smallest absolute Gasteiger partial charge is 0.265 e. The van der Waals surface area contributed by atoms with Crippen LogP contribution < -0.4 is 20.3 Å². The van der Waals surface area contributed by atoms with Crippen LogP contribution in [0.4, 0.5) is 17.1 Å². The highest BCUT2D eigenvalue weighted by molar-refractivity contribution is 9.10. The zero-order valence-corrected chi connectivity index (χ0v) is 16.7. The maximum atomic E-state index is 12.7. The lowest BCUT2D eigenvalue weighted by molar-refractivity contribution is -0.122. The van der Waals surface area contributed by atoms with Gasteiger partial charge in [-0.25, -0.2) is 0 Å². The third-order valence-corrected chi connectivity index (χ3v) is 5.34. The molecule has 2 heterocycles. The second kappa shape index (κ2) is 7.27. The molecular weight excluding hydrogens is 426 g/mol. The Morgan fingerprint density at radius 2 is 1.96 bits per heavy atom. The number of fused-ring (bicyclic) bond motifs is 1. The van der Waals surface area contributed by atoms with Crippen LogP contribution in [0.1, 0.15) is 13.3 Å². The molecule has 1 saturated heterocycles. The Morgan fingerprint density at radius 3 is 2.71 bits per heavy atom. The average molecular weight is 444 g/mol. The van der Waals surface area contributed by atoms with Crippen molar-refractivity contribution in [3.63, 3.8) is 0 Å². The molecule has 4 rings (SSSR count). The molecule has 28 heavy (non-hydrogen) atoms. The van der Waals surface area contributed by atoms with Gasteiger partial charge in [-0.1, -0.05) is 15.9 Å². The van der Waals surface area contributed by atoms with Crippen LogP contribution in [0, 0.1) is 5.92 Å². The van der Waals surface area contributed by atoms with Crippen molar-refractivity contribution in [2.45, 2.75) is 19.4 Å². The lowest BCUT2D eigenvalue weighted by atomic mass is 10.1. The van der Waals surface area contributed by atoms with Crippen molar-refractivity contribution >= 4 is 50.7 Å². The highest BCUT2D eigenvalue weighted by Crippen LogP contribution is 2.33. The first-order valence-electron chi connectivity index (χ1n) is 8.89. The van der Waals surface area contributed by atoms with Crippen molar-refractivity contribution in [1.82, 2.24) is 0 Å². The fourth-order valence-electron chi connectivity index (χ4n) is 3.28. The number of anilines is 3. The molecule has 2 aromatic carbocycles. The van der Waals surface area contributed by atoms with E-state index >= 15 is 0 Å². The Bertz CT molecular complexity index is 960. The Labute approximate surface area is 170 Å². The highest BCUT2D eigenvalue weighted by atomic mass is 79.9. The maximum absolute atomic E-state index is 12.7. The van der Waals surface area contributed by atoms with Crippen molar-refractivity contribution in [2.75, 3.05) is 22.1 Å². The third-order valence-electron chi connectivity index (χ3n) is 4.81. The molecule has 0 radical (unpaired) electrons. The second-order valence-corrected chi connectivity index (χ2v) is 7.75. The SMILES string of the molecule is CC1Oc2ccc(NC(=O)C3CC(=O)N(c4ccc(Br)cc4)C3)cc2NC1=O. The molecule has 2 atom stereocenters. The number of benzene rings is 2. The van der Waals surface area contributed by atoms with Gasteiger partial charge in [0.25, 0.3) is 5.91 Å². The normalized spacial score (nSPS) is 21.0. The molecule has 0 aromatic heterocycles. The van der Waals surface area contributed by atoms with E-state index in [-0.39, 0.29) is 24.1 Å². The number of halogens is 1. The Kier molecular flexibility index (Phi) is 4.80. The largest absolute Gasteiger partial charge is 0.479 e. The van der Waals surface area contributed by atoms with Gasteiger partial charge in [-0.05, 0) is 49.4 Å². The van der Waals surface area contributed by atoms with Crippen LogP contribution in [0.3, 0.4) is 0 Å². The number of hydrogen-bond donors (Lipinski definition) is 2. The summed E-state index contributed by atoms with van der Waals surface area (Å²) >= 11 is 3.37. The summed E-state index contributed by atoms with van der Waals surface area (Å²) in [6.45, 7) is 2.00. The molecule has 0 bridgehead atoms. The summed E-state index contributed by atoms with van der Waals surface area (Å²) < 4.78 is 6.44. The maximum Gasteiger partial charge on any atom is 0.265 e. The standard InChI is InChI=1S/C20H18BrN3O4/c1-11-19(26)23-16-9-14(4-7-17(16)28-11)22-20(27)12-8-18(25)24(10-12)15-5-2-13(21)3-6-15/h2-7,9,11-12H,8,10H2,1H3,(H,22,27)(H,23,26). The van der Waals surface area contributed by atoms with Gasteiger partial charge in [-0.2, -0.15) is 0 Å². The molecule has 2 aliphatic heterocycles. The summed E-state index contributed by atoms with van der Waals surface area (Å²) in [6, 6.07) is 12.5. The zero-order chi connectivity index (χ0) is 19.8. The minimum Gasteiger partial charge on any atom is -0.479 e. The molecule has 7 nitrogen and oxygen atoms in total. The van der Waals surface area contributed by atoms with Crippen molar-refractivity contribution in [1.29, 1.82) is 0 Å². The van der Waals surface area contributed by atoms with Gasteiger partial charge in [-0.3, -0.25) is 14.4 Å². The average Bonchev–Trinajstić information content (AvgIpc) is 3.05. The van der Waals surface area contributed by atoms with Gasteiger partial charge < -0.3 is 20.3 Å². The summed E-state index contributed by atoms with van der Waals surface area (Å²) in [5.74, 6) is -0.435. The molecule has 0 spiro atoms. The van der Waals surface area contributed by atoms with E-state index in [1.165, 1.54) is 0 Å². The lowest BCUT2D eigenvalue weighted by Gasteiger charge is -2.24. The first kappa shape index (κ1) is 18.5. The number of carbonyl (C=O) groups is 3. The predicted octanol–water partition coefficient (Wildman–Crippen LogP) is 3.16. The molecule has 144 valence electrons. The Morgan fingerprint density at radius 1 is 1.21 bits per heavy atom. The van der Waals surface area contributed by atoms with Crippen LogP contribution in [0.2, 0.25) is 0 Å². The van der Waals surface area contributed by atoms with Gasteiger partial charge in [0.2, 0.25) is 11.8 Å². The van der Waals surface area contributed by atoms with E-state index in [1.54, 1.807) is 30.0 Å². The zero-order valence-electron chi connectivity index (χ0n) is 15.1. The van der Waals surface area contributed by atoms with Gasteiger partial charge in [0.1, 0.15) is 5.75 Å². The van der Waals surface area contributed by atoms with E-state index in [1.807, 2.05) is 24.3 Å². The summed E-state index contributed by atoms with van der Waals surface area (Å²) in [7, 11) is 0. The van der Waals surface area contributed by atoms with Crippen LogP contribution >= 0.6 is 15.9 Å². The molecule has 2 unspecified atom stereocenters. The number of ether oxygens (including phenoxy) is 1. The molecular formula is C20H18BrN3O4. The predicted molar refractivity (Wildman–Crippen MR) is 108 cm³/mol. The van der Waals surface area contributed by atoms with E-state index in [0.717, 1.165) is 10.2 Å². The molecule has 2 aliphatic rings. The first-order valence-corrected chi connectivity index (χ1v) is 9.68. The quantitative estimate of drug-likeness (QED) is 0.762. The summed E-state index contributed by atoms with van der Waals surface area (Å²) in [4.78, 5) is 38.4. The number of carbonyl (C=O) groups excluding carboxylic acids is 3. The monoisotopic (exact) mass is 443 g/mol. The van der Waals surface area contributed by atoms with E-state index in [4.69, 9.17) is 4.74 Å². The Balaban J connectivity index is 1.44. The summed E-state index contributed by atoms with van der Waals surface area (Å²) in [5, 5.41) is 5.58. The molecule has 8 heteroatoms. The minimum absolute atomic E-state index is 0.0810. The molecule has 0 aliphatic carbocycles. The van der Waals surface area contributed by atoms with Gasteiger partial charge >= 0.3 is 0 Å². The van der Waals surface area contributed by atoms with Crippen molar-refractivity contribution in [2.24, 2.45) is 5.92 Å². The number of amides is 3. The number of rotatable bonds is 3. The number of nitrogens with one attached hydrogen (secondary N) is 2. The van der Waals surface area contributed by atoms with Crippen molar-refractivity contribution in [3.05, 3.63) is 46.9 Å². The minimum atomic E-state index is -0.554. The van der Waals surface area contributed by atoms with Crippen LogP contribution in [0.25, 0.3) is 0 Å². The number of nitrogens with zero attached hydrogens (tertiary/aromatic N) is 1. The van der Waals surface area contributed by atoms with Crippen LogP contribution in [-0.2, 0) is 14.4 Å². The molecule has 2 aromatic rings. The van der Waals surface area contributed by atoms with Gasteiger partial charge in [0.15, 0.2) is 6.10 Å². The van der Waals surface area contributed by atoms with E-state index in [2.05, 4.69) is 26.6 Å². The van der Waals surface area contributed by atoms with E-state index in [0.29, 0.717) is 23.7 Å². The summed E-state index contributed by atoms with van der Waals surface area (Å²) in [5.41, 5.74) is 1.82. The van der Waals surface area contributed by atoms with Gasteiger partial charge in [0.05, 0.1) is 11.6 Å². The topological polar surface area (TPSA) is 87.7 Å². The van der Waals surface area contributed by atoms with Crippen LogP contribution in [-0.4, -0.2) is 30.4 Å². The van der Waals surface area contributed by atoms with Crippen molar-refractivity contribution < 1.29 is 19.1 Å². The third kappa shape index (κ3) is 3.60. The molecule has 1 fully saturated rings. The van der Waals surface area contributed by atoms with Crippen molar-refractivity contribution in [3.8, 4) is 5.75 Å². The lowest BCUT2D eigenvalue weighted by Crippen LogP contribution is -2.34. The van der Waals surface area contributed by atoms with Crippen LogP contribution in [0.15, 0.2) is 46.9 Å². The highest BCUT2D eigenvalue weighted by Gasteiger charge is 2.35.